The van der Waals surface area contributed by atoms with Crippen molar-refractivity contribution in [3.05, 3.63) is 97.2 Å². The summed E-state index contributed by atoms with van der Waals surface area (Å²) in [6, 6.07) is -0.911. The highest BCUT2D eigenvalue weighted by Crippen LogP contribution is 2.43. The number of amides is 1. The number of phosphoric acid groups is 1. The third-order valence-corrected chi connectivity index (χ3v) is 12.0. The summed E-state index contributed by atoms with van der Waals surface area (Å²) in [7, 11) is 1.49. The van der Waals surface area contributed by atoms with E-state index in [1.165, 1.54) is 116 Å². The van der Waals surface area contributed by atoms with E-state index in [-0.39, 0.29) is 25.5 Å². The molecule has 9 heteroatoms. The SMILES string of the molecule is CC/C=C\C/C=C\C/C=C\C/C=C\C/C=C\C/C=C\CCC(=O)NC(COP(=O)(O)OCC[N+](C)(C)C)C(O)/C=C/CC/C=C/CCCCCCCCCCCCCCCCCCCC. The first-order valence-corrected chi connectivity index (χ1v) is 27.6. The first-order chi connectivity index (χ1) is 31.5. The molecular weight excluding hydrogens is 828 g/mol. The maximum absolute atomic E-state index is 12.9. The van der Waals surface area contributed by atoms with Gasteiger partial charge in [0.1, 0.15) is 13.2 Å². The highest BCUT2D eigenvalue weighted by Gasteiger charge is 2.27. The van der Waals surface area contributed by atoms with Gasteiger partial charge in [0.15, 0.2) is 0 Å². The fourth-order valence-electron chi connectivity index (χ4n) is 6.96. The standard InChI is InChI=1S/C56H99N2O6P/c1-6-8-10-12-14-16-18-20-22-24-26-27-28-29-30-32-33-35-37-39-41-43-45-47-49-55(59)54(53-64-65(61,62)63-52-51-58(3,4)5)57-56(60)50-48-46-44-42-40-38-36-34-31-25-23-21-19-17-15-13-11-9-7-2/h9,11,15,17,21,23,31,34,38-41,44,46-47,49,54-55,59H,6-8,10,12-14,16,18-20,22,24-30,32-33,35-37,42-43,45,48,50-53H2,1-5H3,(H-,57,60,61,62)/p+1/b11-9-,17-15-,23-21-,34-31-,40-38-,41-39+,46-44-,49-47+. The summed E-state index contributed by atoms with van der Waals surface area (Å²) in [5.74, 6) is -0.271. The fraction of sp³-hybridized carbons (Fsp3) is 0.696. The number of hydrogen-bond donors (Lipinski definition) is 3. The van der Waals surface area contributed by atoms with E-state index in [9.17, 15) is 19.4 Å². The first-order valence-electron chi connectivity index (χ1n) is 26.1. The van der Waals surface area contributed by atoms with E-state index in [0.29, 0.717) is 17.4 Å². The van der Waals surface area contributed by atoms with Gasteiger partial charge in [0.25, 0.3) is 0 Å². The Bertz CT molecular complexity index is 1370. The normalized spacial score (nSPS) is 14.9. The molecule has 3 N–H and O–H groups in total. The van der Waals surface area contributed by atoms with Crippen molar-refractivity contribution < 1.29 is 32.9 Å². The lowest BCUT2D eigenvalue weighted by Crippen LogP contribution is -2.45. The van der Waals surface area contributed by atoms with Crippen molar-refractivity contribution in [2.24, 2.45) is 0 Å². The minimum absolute atomic E-state index is 0.0375. The van der Waals surface area contributed by atoms with Crippen LogP contribution in [0.15, 0.2) is 97.2 Å². The second-order valence-electron chi connectivity index (χ2n) is 18.5. The second kappa shape index (κ2) is 46.5. The predicted molar refractivity (Wildman–Crippen MR) is 281 cm³/mol. The molecule has 65 heavy (non-hydrogen) atoms. The summed E-state index contributed by atoms with van der Waals surface area (Å²) in [6.45, 7) is 4.62. The molecule has 0 aliphatic heterocycles. The Kier molecular flexibility index (Phi) is 44.7. The number of unbranched alkanes of at least 4 members (excludes halogenated alkanes) is 19. The van der Waals surface area contributed by atoms with Crippen molar-refractivity contribution in [3.8, 4) is 0 Å². The van der Waals surface area contributed by atoms with Gasteiger partial charge in [-0.05, 0) is 70.6 Å². The van der Waals surface area contributed by atoms with E-state index in [1.54, 1.807) is 6.08 Å². The van der Waals surface area contributed by atoms with Crippen LogP contribution in [-0.4, -0.2) is 73.4 Å². The Morgan fingerprint density at radius 3 is 1.40 bits per heavy atom. The number of nitrogens with one attached hydrogen (secondary N) is 1. The molecule has 374 valence electrons. The maximum atomic E-state index is 12.9. The molecule has 0 aliphatic carbocycles. The summed E-state index contributed by atoms with van der Waals surface area (Å²) in [5.41, 5.74) is 0. The third kappa shape index (κ3) is 49.2. The zero-order valence-corrected chi connectivity index (χ0v) is 43.3. The number of allylic oxidation sites excluding steroid dienone is 15. The molecule has 0 aromatic rings. The average molecular weight is 928 g/mol. The summed E-state index contributed by atoms with van der Waals surface area (Å²) in [5, 5.41) is 13.8. The van der Waals surface area contributed by atoms with Gasteiger partial charge in [-0.25, -0.2) is 4.57 Å². The van der Waals surface area contributed by atoms with Gasteiger partial charge in [-0.2, -0.15) is 0 Å². The van der Waals surface area contributed by atoms with Crippen LogP contribution >= 0.6 is 7.82 Å². The van der Waals surface area contributed by atoms with Gasteiger partial charge < -0.3 is 19.8 Å². The van der Waals surface area contributed by atoms with E-state index >= 15 is 0 Å². The van der Waals surface area contributed by atoms with Crippen LogP contribution in [0.1, 0.15) is 200 Å². The number of aliphatic hydroxyl groups is 1. The van der Waals surface area contributed by atoms with Crippen LogP contribution in [0.5, 0.6) is 0 Å². The molecule has 0 aromatic heterocycles. The lowest BCUT2D eigenvalue weighted by atomic mass is 10.0. The molecule has 0 rings (SSSR count). The summed E-state index contributed by atoms with van der Waals surface area (Å²) >= 11 is 0. The first kappa shape index (κ1) is 62.4. The summed E-state index contributed by atoms with van der Waals surface area (Å²) in [4.78, 5) is 23.2. The van der Waals surface area contributed by atoms with Crippen LogP contribution in [0.25, 0.3) is 0 Å². The predicted octanol–water partition coefficient (Wildman–Crippen LogP) is 15.5. The number of rotatable bonds is 46. The Balaban J connectivity index is 4.46. The molecule has 1 amide bonds. The maximum Gasteiger partial charge on any atom is 0.472 e. The van der Waals surface area contributed by atoms with Crippen molar-refractivity contribution in [2.75, 3.05) is 40.9 Å². The molecule has 0 aromatic carbocycles. The van der Waals surface area contributed by atoms with Gasteiger partial charge in [-0.15, -0.1) is 0 Å². The minimum atomic E-state index is -4.38. The monoisotopic (exact) mass is 928 g/mol. The van der Waals surface area contributed by atoms with E-state index in [0.717, 1.165) is 57.8 Å². The zero-order valence-electron chi connectivity index (χ0n) is 42.4. The van der Waals surface area contributed by atoms with Gasteiger partial charge in [0, 0.05) is 6.42 Å². The van der Waals surface area contributed by atoms with Crippen LogP contribution < -0.4 is 5.32 Å². The Morgan fingerprint density at radius 1 is 0.538 bits per heavy atom. The molecule has 0 radical (unpaired) electrons. The number of phosphoric ester groups is 1. The molecule has 0 heterocycles. The molecular formula is C56H100N2O6P+. The quantitative estimate of drug-likeness (QED) is 0.0243. The Labute approximate surface area is 400 Å². The number of carbonyl (C=O) groups is 1. The van der Waals surface area contributed by atoms with Crippen molar-refractivity contribution in [1.82, 2.24) is 5.32 Å². The average Bonchev–Trinajstić information content (AvgIpc) is 3.26. The van der Waals surface area contributed by atoms with Crippen molar-refractivity contribution in [1.29, 1.82) is 0 Å². The summed E-state index contributed by atoms with van der Waals surface area (Å²) in [6.07, 6.45) is 66.6. The van der Waals surface area contributed by atoms with Gasteiger partial charge in [-0.3, -0.25) is 13.8 Å². The van der Waals surface area contributed by atoms with Crippen LogP contribution in [0, 0.1) is 0 Å². The molecule has 3 atom stereocenters. The van der Waals surface area contributed by atoms with Crippen molar-refractivity contribution in [2.45, 2.75) is 212 Å². The largest absolute Gasteiger partial charge is 0.472 e. The van der Waals surface area contributed by atoms with E-state index < -0.39 is 20.0 Å². The van der Waals surface area contributed by atoms with Crippen molar-refractivity contribution in [3.63, 3.8) is 0 Å². The molecule has 0 spiro atoms. The van der Waals surface area contributed by atoms with Crippen molar-refractivity contribution >= 4 is 13.7 Å². The van der Waals surface area contributed by atoms with E-state index in [1.807, 2.05) is 39.4 Å². The van der Waals surface area contributed by atoms with Gasteiger partial charge in [0.2, 0.25) is 5.91 Å². The molecule has 0 fully saturated rings. The number of likely N-dealkylation sites (N-methyl/N-ethyl adjacent to an activating group) is 1. The van der Waals surface area contributed by atoms with Gasteiger partial charge in [0.05, 0.1) is 39.9 Å². The Hall–Kier alpha value is -2.58. The molecule has 0 bridgehead atoms. The minimum Gasteiger partial charge on any atom is -0.387 e. The molecule has 0 aliphatic rings. The molecule has 3 unspecified atom stereocenters. The summed E-state index contributed by atoms with van der Waals surface area (Å²) < 4.78 is 23.6. The Morgan fingerprint density at radius 2 is 0.938 bits per heavy atom. The molecule has 0 saturated carbocycles. The lowest BCUT2D eigenvalue weighted by molar-refractivity contribution is -0.870. The van der Waals surface area contributed by atoms with Crippen LogP contribution in [0.4, 0.5) is 0 Å². The van der Waals surface area contributed by atoms with Crippen LogP contribution in [0.3, 0.4) is 0 Å². The van der Waals surface area contributed by atoms with Gasteiger partial charge in [-0.1, -0.05) is 220 Å². The molecule has 8 nitrogen and oxygen atoms in total. The number of nitrogens with zero attached hydrogens (tertiary/aromatic N) is 1. The smallest absolute Gasteiger partial charge is 0.387 e. The fourth-order valence-corrected chi connectivity index (χ4v) is 7.70. The third-order valence-electron chi connectivity index (χ3n) is 11.1. The van der Waals surface area contributed by atoms with E-state index in [2.05, 4.69) is 92.1 Å². The molecule has 0 saturated heterocycles. The highest BCUT2D eigenvalue weighted by atomic mass is 31.2. The number of aliphatic hydroxyl groups excluding tert-OH is 1. The second-order valence-corrected chi connectivity index (χ2v) is 20.0. The lowest BCUT2D eigenvalue weighted by Gasteiger charge is -2.25. The number of hydrogen-bond acceptors (Lipinski definition) is 5. The highest BCUT2D eigenvalue weighted by molar-refractivity contribution is 7.47. The number of carbonyl (C=O) groups excluding carboxylic acids is 1. The van der Waals surface area contributed by atoms with Gasteiger partial charge >= 0.3 is 7.82 Å². The van der Waals surface area contributed by atoms with E-state index in [4.69, 9.17) is 9.05 Å². The zero-order chi connectivity index (χ0) is 47.8. The van der Waals surface area contributed by atoms with Crippen LogP contribution in [-0.2, 0) is 18.4 Å². The topological polar surface area (TPSA) is 105 Å². The number of quaternary nitrogens is 1. The van der Waals surface area contributed by atoms with Crippen LogP contribution in [0.2, 0.25) is 0 Å².